The number of carbonyl (C=O) groups excluding carboxylic acids is 2. The lowest BCUT2D eigenvalue weighted by Gasteiger charge is -2.20. The lowest BCUT2D eigenvalue weighted by molar-refractivity contribution is -0.123. The van der Waals surface area contributed by atoms with Crippen LogP contribution >= 0.6 is 0 Å². The van der Waals surface area contributed by atoms with Gasteiger partial charge in [0.15, 0.2) is 0 Å². The molecule has 2 fully saturated rings. The first-order chi connectivity index (χ1) is 12.1. The molecule has 0 spiro atoms. The van der Waals surface area contributed by atoms with Crippen LogP contribution in [0, 0.1) is 12.8 Å². The molecule has 1 aliphatic heterocycles. The van der Waals surface area contributed by atoms with Crippen molar-refractivity contribution in [2.45, 2.75) is 31.7 Å². The van der Waals surface area contributed by atoms with Crippen LogP contribution in [0.25, 0.3) is 0 Å². The highest BCUT2D eigenvalue weighted by atomic mass is 16.2. The zero-order valence-corrected chi connectivity index (χ0v) is 14.4. The lowest BCUT2D eigenvalue weighted by Crippen LogP contribution is -2.41. The average Bonchev–Trinajstić information content (AvgIpc) is 3.16. The predicted molar refractivity (Wildman–Crippen MR) is 95.3 cm³/mol. The Balaban J connectivity index is 1.55. The van der Waals surface area contributed by atoms with Gasteiger partial charge in [-0.05, 0) is 31.4 Å². The van der Waals surface area contributed by atoms with Crippen molar-refractivity contribution < 1.29 is 9.59 Å². The molecule has 1 saturated carbocycles. The van der Waals surface area contributed by atoms with E-state index in [0.29, 0.717) is 18.7 Å². The van der Waals surface area contributed by atoms with Crippen LogP contribution in [0.5, 0.6) is 0 Å². The summed E-state index contributed by atoms with van der Waals surface area (Å²) in [5.74, 6) is 0.457. The Hall–Kier alpha value is -2.56. The summed E-state index contributed by atoms with van der Waals surface area (Å²) in [7, 11) is 0. The molecule has 0 bridgehead atoms. The molecule has 0 unspecified atom stereocenters. The number of carbonyl (C=O) groups is 2. The molecule has 2 aromatic rings. The standard InChI is InChI=1S/C20H23N3O2/c1-13-2-4-14(5-3-13)17-11-23(20(25)16-8-9-21-10-16)12-18(17)22-19(24)15-6-7-15/h2-5,8-10,15,17-18,21H,6-7,11-12H2,1H3,(H,22,24)/t17-,18+/m0/s1. The Morgan fingerprint density at radius 3 is 2.52 bits per heavy atom. The number of aromatic amines is 1. The van der Waals surface area contributed by atoms with Gasteiger partial charge < -0.3 is 15.2 Å². The minimum atomic E-state index is -0.0290. The molecule has 5 heteroatoms. The molecule has 1 aromatic heterocycles. The maximum atomic E-state index is 12.7. The second kappa shape index (κ2) is 6.39. The molecule has 1 saturated heterocycles. The van der Waals surface area contributed by atoms with Crippen LogP contribution in [0.1, 0.15) is 40.2 Å². The Morgan fingerprint density at radius 2 is 1.88 bits per heavy atom. The molecule has 2 amide bonds. The summed E-state index contributed by atoms with van der Waals surface area (Å²) in [5, 5.41) is 3.19. The van der Waals surface area contributed by atoms with Gasteiger partial charge in [0.05, 0.1) is 11.6 Å². The van der Waals surface area contributed by atoms with Crippen LogP contribution in [0.3, 0.4) is 0 Å². The minimum absolute atomic E-state index is 0.0153. The molecule has 2 atom stereocenters. The third-order valence-electron chi connectivity index (χ3n) is 5.23. The second-order valence-corrected chi connectivity index (χ2v) is 7.22. The topological polar surface area (TPSA) is 65.2 Å². The summed E-state index contributed by atoms with van der Waals surface area (Å²) in [6.07, 6.45) is 5.45. The van der Waals surface area contributed by atoms with Crippen LogP contribution in [0.2, 0.25) is 0 Å². The number of nitrogens with one attached hydrogen (secondary N) is 2. The molecule has 130 valence electrons. The highest BCUT2D eigenvalue weighted by Gasteiger charge is 2.39. The number of H-pyrrole nitrogens is 1. The predicted octanol–water partition coefficient (Wildman–Crippen LogP) is 2.46. The quantitative estimate of drug-likeness (QED) is 0.900. The van der Waals surface area contributed by atoms with Gasteiger partial charge >= 0.3 is 0 Å². The van der Waals surface area contributed by atoms with E-state index in [-0.39, 0.29) is 29.7 Å². The lowest BCUT2D eigenvalue weighted by atomic mass is 9.93. The van der Waals surface area contributed by atoms with Crippen molar-refractivity contribution in [1.29, 1.82) is 0 Å². The van der Waals surface area contributed by atoms with Crippen LogP contribution in [0.4, 0.5) is 0 Å². The zero-order chi connectivity index (χ0) is 17.4. The van der Waals surface area contributed by atoms with Crippen molar-refractivity contribution in [3.63, 3.8) is 0 Å². The number of hydrogen-bond acceptors (Lipinski definition) is 2. The maximum Gasteiger partial charge on any atom is 0.255 e. The highest BCUT2D eigenvalue weighted by molar-refractivity contribution is 5.94. The van der Waals surface area contributed by atoms with E-state index < -0.39 is 0 Å². The summed E-state index contributed by atoms with van der Waals surface area (Å²) < 4.78 is 0. The third kappa shape index (κ3) is 3.31. The molecule has 25 heavy (non-hydrogen) atoms. The van der Waals surface area contributed by atoms with E-state index in [9.17, 15) is 9.59 Å². The number of aryl methyl sites for hydroxylation is 1. The van der Waals surface area contributed by atoms with E-state index in [2.05, 4.69) is 41.5 Å². The van der Waals surface area contributed by atoms with E-state index in [1.807, 2.05) is 4.90 Å². The monoisotopic (exact) mass is 337 g/mol. The van der Waals surface area contributed by atoms with E-state index in [4.69, 9.17) is 0 Å². The van der Waals surface area contributed by atoms with E-state index >= 15 is 0 Å². The van der Waals surface area contributed by atoms with Gasteiger partial charge in [-0.25, -0.2) is 0 Å². The van der Waals surface area contributed by atoms with E-state index in [1.54, 1.807) is 18.5 Å². The number of likely N-dealkylation sites (tertiary alicyclic amines) is 1. The van der Waals surface area contributed by atoms with Crippen LogP contribution < -0.4 is 5.32 Å². The van der Waals surface area contributed by atoms with Gasteiger partial charge in [0, 0.05) is 37.3 Å². The summed E-state index contributed by atoms with van der Waals surface area (Å²) in [6, 6.07) is 10.2. The summed E-state index contributed by atoms with van der Waals surface area (Å²) in [6.45, 7) is 3.25. The molecular formula is C20H23N3O2. The normalized spacial score (nSPS) is 22.8. The summed E-state index contributed by atoms with van der Waals surface area (Å²) in [5.41, 5.74) is 3.05. The fourth-order valence-corrected chi connectivity index (χ4v) is 3.55. The van der Waals surface area contributed by atoms with Gasteiger partial charge in [0.2, 0.25) is 5.91 Å². The first-order valence-corrected chi connectivity index (χ1v) is 8.91. The average molecular weight is 337 g/mol. The van der Waals surface area contributed by atoms with Crippen LogP contribution in [-0.4, -0.2) is 40.8 Å². The number of aromatic nitrogens is 1. The molecule has 4 rings (SSSR count). The van der Waals surface area contributed by atoms with Crippen LogP contribution in [-0.2, 0) is 4.79 Å². The highest BCUT2D eigenvalue weighted by Crippen LogP contribution is 2.32. The largest absolute Gasteiger partial charge is 0.367 e. The van der Waals surface area contributed by atoms with Gasteiger partial charge in [0.25, 0.3) is 5.91 Å². The summed E-state index contributed by atoms with van der Waals surface area (Å²) in [4.78, 5) is 29.8. The van der Waals surface area contributed by atoms with Crippen molar-refractivity contribution in [1.82, 2.24) is 15.2 Å². The molecule has 1 aromatic carbocycles. The smallest absolute Gasteiger partial charge is 0.255 e. The molecular weight excluding hydrogens is 314 g/mol. The first-order valence-electron chi connectivity index (χ1n) is 8.91. The SMILES string of the molecule is Cc1ccc([C@@H]2CN(C(=O)c3cc[nH]c3)C[C@H]2NC(=O)C2CC2)cc1. The number of nitrogens with zero attached hydrogens (tertiary/aromatic N) is 1. The Labute approximate surface area is 147 Å². The fourth-order valence-electron chi connectivity index (χ4n) is 3.55. The molecule has 2 aliphatic rings. The van der Waals surface area contributed by atoms with Crippen molar-refractivity contribution >= 4 is 11.8 Å². The second-order valence-electron chi connectivity index (χ2n) is 7.22. The third-order valence-corrected chi connectivity index (χ3v) is 5.23. The van der Waals surface area contributed by atoms with Gasteiger partial charge in [0.1, 0.15) is 0 Å². The zero-order valence-electron chi connectivity index (χ0n) is 14.4. The molecule has 5 nitrogen and oxygen atoms in total. The fraction of sp³-hybridized carbons (Fsp3) is 0.400. The number of amides is 2. The van der Waals surface area contributed by atoms with Crippen molar-refractivity contribution in [2.24, 2.45) is 5.92 Å². The maximum absolute atomic E-state index is 12.7. The van der Waals surface area contributed by atoms with Crippen molar-refractivity contribution in [2.75, 3.05) is 13.1 Å². The van der Waals surface area contributed by atoms with Crippen LogP contribution in [0.15, 0.2) is 42.7 Å². The van der Waals surface area contributed by atoms with Gasteiger partial charge in [-0.15, -0.1) is 0 Å². The Bertz CT molecular complexity index is 763. The van der Waals surface area contributed by atoms with Gasteiger partial charge in [-0.1, -0.05) is 29.8 Å². The first kappa shape index (κ1) is 15.9. The molecule has 1 aliphatic carbocycles. The van der Waals surface area contributed by atoms with Gasteiger partial charge in [-0.3, -0.25) is 9.59 Å². The molecule has 0 radical (unpaired) electrons. The molecule has 2 heterocycles. The molecule has 2 N–H and O–H groups in total. The van der Waals surface area contributed by atoms with Crippen molar-refractivity contribution in [3.05, 3.63) is 59.4 Å². The number of benzene rings is 1. The van der Waals surface area contributed by atoms with Gasteiger partial charge in [-0.2, -0.15) is 0 Å². The summed E-state index contributed by atoms with van der Waals surface area (Å²) >= 11 is 0. The van der Waals surface area contributed by atoms with E-state index in [0.717, 1.165) is 12.8 Å². The number of rotatable bonds is 4. The number of hydrogen-bond donors (Lipinski definition) is 2. The Morgan fingerprint density at radius 1 is 1.12 bits per heavy atom. The van der Waals surface area contributed by atoms with Crippen molar-refractivity contribution in [3.8, 4) is 0 Å². The Kier molecular flexibility index (Phi) is 4.07. The minimum Gasteiger partial charge on any atom is -0.367 e. The van der Waals surface area contributed by atoms with E-state index in [1.165, 1.54) is 11.1 Å².